The smallest absolute Gasteiger partial charge is 0.313 e. The molecule has 0 unspecified atom stereocenters. The van der Waals surface area contributed by atoms with E-state index in [9.17, 15) is 10.1 Å². The molecule has 0 radical (unpaired) electrons. The topological polar surface area (TPSA) is 132 Å². The molecule has 0 saturated heterocycles. The molecule has 0 saturated carbocycles. The first-order valence-electron chi connectivity index (χ1n) is 6.23. The summed E-state index contributed by atoms with van der Waals surface area (Å²) in [6.07, 6.45) is 6.02. The van der Waals surface area contributed by atoms with Crippen LogP contribution >= 0.6 is 0 Å². The summed E-state index contributed by atoms with van der Waals surface area (Å²) in [5.74, 6) is 0.594. The Balaban J connectivity index is 2.58. The van der Waals surface area contributed by atoms with Crippen LogP contribution in [-0.4, -0.2) is 30.5 Å². The summed E-state index contributed by atoms with van der Waals surface area (Å²) in [5, 5.41) is 22.7. The van der Waals surface area contributed by atoms with Crippen molar-refractivity contribution in [2.24, 2.45) is 10.9 Å². The Bertz CT molecular complexity index is 694. The summed E-state index contributed by atoms with van der Waals surface area (Å²) < 4.78 is 1.57. The third-order valence-electron chi connectivity index (χ3n) is 2.87. The highest BCUT2D eigenvalue weighted by molar-refractivity contribution is 5.97. The quantitative estimate of drug-likeness (QED) is 0.280. The number of nitrogens with zero attached hydrogens (tertiary/aromatic N) is 5. The molecule has 0 spiro atoms. The minimum atomic E-state index is -0.563. The third kappa shape index (κ3) is 2.81. The highest BCUT2D eigenvalue weighted by atomic mass is 16.6. The monoisotopic (exact) mass is 290 g/mol. The van der Waals surface area contributed by atoms with Gasteiger partial charge in [0.05, 0.1) is 4.92 Å². The molecule has 0 fully saturated rings. The van der Waals surface area contributed by atoms with Crippen LogP contribution in [0.2, 0.25) is 0 Å². The lowest BCUT2D eigenvalue weighted by Gasteiger charge is -2.08. The van der Waals surface area contributed by atoms with Gasteiger partial charge in [-0.05, 0) is 6.42 Å². The lowest BCUT2D eigenvalue weighted by molar-refractivity contribution is -0.384. The molecule has 110 valence electrons. The number of aromatic nitrogens is 3. The van der Waals surface area contributed by atoms with Crippen LogP contribution in [0.3, 0.4) is 0 Å². The zero-order valence-corrected chi connectivity index (χ0v) is 11.3. The van der Waals surface area contributed by atoms with Crippen molar-refractivity contribution >= 4 is 11.5 Å². The minimum Gasteiger partial charge on any atom is -0.409 e. The van der Waals surface area contributed by atoms with E-state index in [0.29, 0.717) is 12.2 Å². The fourth-order valence-electron chi connectivity index (χ4n) is 1.90. The summed E-state index contributed by atoms with van der Waals surface area (Å²) in [4.78, 5) is 18.9. The van der Waals surface area contributed by atoms with Gasteiger partial charge in [-0.2, -0.15) is 0 Å². The zero-order chi connectivity index (χ0) is 15.4. The summed E-state index contributed by atoms with van der Waals surface area (Å²) >= 11 is 0. The van der Waals surface area contributed by atoms with Gasteiger partial charge in [0.2, 0.25) is 5.82 Å². The van der Waals surface area contributed by atoms with E-state index in [0.717, 1.165) is 6.42 Å². The molecule has 9 heteroatoms. The van der Waals surface area contributed by atoms with Crippen LogP contribution in [0.4, 0.5) is 5.69 Å². The molecule has 2 aromatic heterocycles. The number of nitro groups is 1. The fraction of sp³-hybridized carbons (Fsp3) is 0.250. The van der Waals surface area contributed by atoms with Gasteiger partial charge in [-0.1, -0.05) is 12.1 Å². The van der Waals surface area contributed by atoms with Crippen LogP contribution in [0.25, 0.3) is 5.82 Å². The maximum Gasteiger partial charge on any atom is 0.313 e. The van der Waals surface area contributed by atoms with Crippen molar-refractivity contribution < 1.29 is 10.1 Å². The molecule has 0 aliphatic heterocycles. The van der Waals surface area contributed by atoms with E-state index in [4.69, 9.17) is 10.9 Å². The highest BCUT2D eigenvalue weighted by Gasteiger charge is 2.21. The third-order valence-corrected chi connectivity index (χ3v) is 2.87. The summed E-state index contributed by atoms with van der Waals surface area (Å²) in [7, 11) is 0. The number of aryl methyl sites for hydroxylation is 1. The molecule has 0 amide bonds. The van der Waals surface area contributed by atoms with Gasteiger partial charge in [0, 0.05) is 36.6 Å². The number of amidine groups is 1. The van der Waals surface area contributed by atoms with E-state index in [-0.39, 0.29) is 22.9 Å². The molecule has 9 nitrogen and oxygen atoms in total. The second-order valence-electron chi connectivity index (χ2n) is 4.27. The molecule has 0 aromatic carbocycles. The maximum absolute atomic E-state index is 11.2. The number of pyridine rings is 1. The first-order chi connectivity index (χ1) is 10.1. The summed E-state index contributed by atoms with van der Waals surface area (Å²) in [6.45, 7) is 1.99. The van der Waals surface area contributed by atoms with E-state index in [1.165, 1.54) is 12.3 Å². The predicted octanol–water partition coefficient (Wildman–Crippen LogP) is 1.22. The Morgan fingerprint density at radius 2 is 2.33 bits per heavy atom. The summed E-state index contributed by atoms with van der Waals surface area (Å²) in [6, 6.07) is 1.22. The van der Waals surface area contributed by atoms with Gasteiger partial charge >= 0.3 is 5.69 Å². The molecule has 2 heterocycles. The Morgan fingerprint density at radius 1 is 1.57 bits per heavy atom. The number of rotatable bonds is 5. The molecule has 0 bridgehead atoms. The van der Waals surface area contributed by atoms with Crippen LogP contribution in [0.5, 0.6) is 0 Å². The van der Waals surface area contributed by atoms with Crippen molar-refractivity contribution in [1.82, 2.24) is 14.5 Å². The van der Waals surface area contributed by atoms with Crippen LogP contribution < -0.4 is 5.73 Å². The lowest BCUT2D eigenvalue weighted by Crippen LogP contribution is -2.15. The van der Waals surface area contributed by atoms with Crippen molar-refractivity contribution in [3.05, 3.63) is 46.2 Å². The van der Waals surface area contributed by atoms with Gasteiger partial charge in [-0.15, -0.1) is 0 Å². The molecule has 2 aromatic rings. The molecular weight excluding hydrogens is 276 g/mol. The number of oxime groups is 1. The van der Waals surface area contributed by atoms with Gasteiger partial charge in [-0.25, -0.2) is 9.97 Å². The van der Waals surface area contributed by atoms with Crippen LogP contribution in [0, 0.1) is 10.1 Å². The van der Waals surface area contributed by atoms with E-state index >= 15 is 0 Å². The van der Waals surface area contributed by atoms with Crippen LogP contribution in [0.15, 0.2) is 29.8 Å². The van der Waals surface area contributed by atoms with E-state index in [1.807, 2.05) is 6.92 Å². The van der Waals surface area contributed by atoms with Crippen LogP contribution in [-0.2, 0) is 6.42 Å². The lowest BCUT2D eigenvalue weighted by atomic mass is 10.2. The average Bonchev–Trinajstić information content (AvgIpc) is 2.94. The predicted molar refractivity (Wildman–Crippen MR) is 74.5 cm³/mol. The molecule has 0 aliphatic carbocycles. The largest absolute Gasteiger partial charge is 0.409 e. The van der Waals surface area contributed by atoms with E-state index in [1.54, 1.807) is 17.0 Å². The first kappa shape index (κ1) is 14.4. The van der Waals surface area contributed by atoms with E-state index in [2.05, 4.69) is 15.1 Å². The maximum atomic E-state index is 11.2. The molecule has 0 aliphatic rings. The van der Waals surface area contributed by atoms with Crippen molar-refractivity contribution in [3.8, 4) is 5.82 Å². The number of imidazole rings is 1. The molecule has 21 heavy (non-hydrogen) atoms. The van der Waals surface area contributed by atoms with Gasteiger partial charge in [0.15, 0.2) is 5.84 Å². The van der Waals surface area contributed by atoms with Crippen molar-refractivity contribution in [2.45, 2.75) is 19.8 Å². The molecule has 3 N–H and O–H groups in total. The van der Waals surface area contributed by atoms with Gasteiger partial charge in [0.25, 0.3) is 0 Å². The highest BCUT2D eigenvalue weighted by Crippen LogP contribution is 2.23. The SMILES string of the molecule is CCCc1nccn1-c1ncc(/C(N)=N/O)cc1[N+](=O)[O-]. The standard InChI is InChI=1S/C12H14N6O3/c1-2-3-10-14-4-5-17(10)12-9(18(20)21)6-8(7-15-12)11(13)16-19/h4-7,19H,2-3H2,1H3,(H2,13,16). The van der Waals surface area contributed by atoms with Gasteiger partial charge < -0.3 is 10.9 Å². The van der Waals surface area contributed by atoms with Crippen molar-refractivity contribution in [3.63, 3.8) is 0 Å². The number of nitrogens with two attached hydrogens (primary N) is 1. The molecule has 2 rings (SSSR count). The second kappa shape index (κ2) is 5.99. The Kier molecular flexibility index (Phi) is 4.12. The Labute approximate surface area is 119 Å². The zero-order valence-electron chi connectivity index (χ0n) is 11.3. The second-order valence-corrected chi connectivity index (χ2v) is 4.27. The first-order valence-corrected chi connectivity index (χ1v) is 6.23. The fourth-order valence-corrected chi connectivity index (χ4v) is 1.90. The van der Waals surface area contributed by atoms with Crippen LogP contribution in [0.1, 0.15) is 24.7 Å². The van der Waals surface area contributed by atoms with E-state index < -0.39 is 4.92 Å². The summed E-state index contributed by atoms with van der Waals surface area (Å²) in [5.41, 5.74) is 5.36. The van der Waals surface area contributed by atoms with Crippen molar-refractivity contribution in [2.75, 3.05) is 0 Å². The van der Waals surface area contributed by atoms with Crippen molar-refractivity contribution in [1.29, 1.82) is 0 Å². The molecular formula is C12H14N6O3. The number of hydrogen-bond acceptors (Lipinski definition) is 6. The molecule has 0 atom stereocenters. The minimum absolute atomic E-state index is 0.149. The van der Waals surface area contributed by atoms with Gasteiger partial charge in [-0.3, -0.25) is 14.7 Å². The Morgan fingerprint density at radius 3 is 2.95 bits per heavy atom. The Hall–Kier alpha value is -2.97. The number of hydrogen-bond donors (Lipinski definition) is 2. The normalized spacial score (nSPS) is 11.6. The van der Waals surface area contributed by atoms with Gasteiger partial charge in [0.1, 0.15) is 5.82 Å². The average molecular weight is 290 g/mol.